The molecule has 0 radical (unpaired) electrons. The first-order valence-electron chi connectivity index (χ1n) is 9.21. The van der Waals surface area contributed by atoms with Crippen molar-refractivity contribution in [1.29, 1.82) is 0 Å². The number of hydrogen-bond acceptors (Lipinski definition) is 3. The molecular weight excluding hydrogens is 365 g/mol. The van der Waals surface area contributed by atoms with Gasteiger partial charge in [0.1, 0.15) is 5.82 Å². The summed E-state index contributed by atoms with van der Waals surface area (Å²) in [6, 6.07) is 21.4. The molecule has 0 aliphatic rings. The van der Waals surface area contributed by atoms with Crippen LogP contribution in [0.5, 0.6) is 0 Å². The second kappa shape index (κ2) is 6.87. The Hall–Kier alpha value is -3.99. The van der Waals surface area contributed by atoms with Crippen molar-refractivity contribution in [1.82, 2.24) is 9.97 Å². The number of carbonyl (C=O) groups excluding carboxylic acids is 1. The van der Waals surface area contributed by atoms with Gasteiger partial charge in [-0.3, -0.25) is 9.78 Å². The highest BCUT2D eigenvalue weighted by Crippen LogP contribution is 2.28. The Morgan fingerprint density at radius 1 is 0.931 bits per heavy atom. The van der Waals surface area contributed by atoms with E-state index >= 15 is 0 Å². The SMILES string of the molecule is O=C(c1ccccc1Nc1ccc2ncccc2c1)c1c[nH]c2ccc(F)cc12. The van der Waals surface area contributed by atoms with Crippen LogP contribution in [0.1, 0.15) is 15.9 Å². The van der Waals surface area contributed by atoms with Gasteiger partial charge in [-0.1, -0.05) is 18.2 Å². The maximum Gasteiger partial charge on any atom is 0.197 e. The van der Waals surface area contributed by atoms with Gasteiger partial charge in [0, 0.05) is 51.2 Å². The number of aromatic nitrogens is 2. The van der Waals surface area contributed by atoms with E-state index in [0.29, 0.717) is 22.2 Å². The Kier molecular flexibility index (Phi) is 4.06. The minimum atomic E-state index is -0.373. The number of H-pyrrole nitrogens is 1. The first-order chi connectivity index (χ1) is 14.2. The van der Waals surface area contributed by atoms with Gasteiger partial charge >= 0.3 is 0 Å². The van der Waals surface area contributed by atoms with Gasteiger partial charge in [0.25, 0.3) is 0 Å². The molecule has 29 heavy (non-hydrogen) atoms. The van der Waals surface area contributed by atoms with Crippen molar-refractivity contribution in [3.8, 4) is 0 Å². The number of benzene rings is 3. The smallest absolute Gasteiger partial charge is 0.197 e. The number of nitrogens with one attached hydrogen (secondary N) is 2. The fraction of sp³-hybridized carbons (Fsp3) is 0. The fourth-order valence-corrected chi connectivity index (χ4v) is 3.52. The number of aromatic amines is 1. The molecule has 0 saturated heterocycles. The lowest BCUT2D eigenvalue weighted by Gasteiger charge is -2.12. The number of carbonyl (C=O) groups is 1. The van der Waals surface area contributed by atoms with Gasteiger partial charge in [0.15, 0.2) is 5.78 Å². The molecule has 0 saturated carbocycles. The van der Waals surface area contributed by atoms with Crippen molar-refractivity contribution in [2.24, 2.45) is 0 Å². The summed E-state index contributed by atoms with van der Waals surface area (Å²) in [5.41, 5.74) is 4.13. The third-order valence-electron chi connectivity index (χ3n) is 4.94. The number of pyridine rings is 1. The predicted molar refractivity (Wildman–Crippen MR) is 113 cm³/mol. The van der Waals surface area contributed by atoms with Crippen molar-refractivity contribution >= 4 is 39.0 Å². The molecule has 0 aliphatic carbocycles. The van der Waals surface area contributed by atoms with E-state index in [0.717, 1.165) is 22.1 Å². The Labute approximate surface area is 166 Å². The van der Waals surface area contributed by atoms with Crippen molar-refractivity contribution in [2.45, 2.75) is 0 Å². The lowest BCUT2D eigenvalue weighted by atomic mass is 10.0. The number of anilines is 2. The van der Waals surface area contributed by atoms with Gasteiger partial charge in [-0.2, -0.15) is 0 Å². The molecule has 5 heteroatoms. The number of hydrogen-bond donors (Lipinski definition) is 2. The normalized spacial score (nSPS) is 11.1. The van der Waals surface area contributed by atoms with Crippen LogP contribution in [0, 0.1) is 5.82 Å². The molecule has 2 aromatic heterocycles. The van der Waals surface area contributed by atoms with Crippen LogP contribution in [-0.4, -0.2) is 15.8 Å². The number of fused-ring (bicyclic) bond motifs is 2. The minimum Gasteiger partial charge on any atom is -0.360 e. The summed E-state index contributed by atoms with van der Waals surface area (Å²) in [6.07, 6.45) is 3.39. The maximum atomic E-state index is 13.7. The highest BCUT2D eigenvalue weighted by molar-refractivity contribution is 6.18. The average molecular weight is 381 g/mol. The van der Waals surface area contributed by atoms with Crippen molar-refractivity contribution in [3.63, 3.8) is 0 Å². The summed E-state index contributed by atoms with van der Waals surface area (Å²) in [6.45, 7) is 0. The number of halogens is 1. The second-order valence-corrected chi connectivity index (χ2v) is 6.80. The lowest BCUT2D eigenvalue weighted by Crippen LogP contribution is -2.05. The van der Waals surface area contributed by atoms with Crippen LogP contribution in [0.2, 0.25) is 0 Å². The molecule has 140 valence electrons. The molecule has 4 nitrogen and oxygen atoms in total. The first-order valence-corrected chi connectivity index (χ1v) is 9.21. The summed E-state index contributed by atoms with van der Waals surface area (Å²) >= 11 is 0. The quantitative estimate of drug-likeness (QED) is 0.385. The van der Waals surface area contributed by atoms with E-state index in [1.165, 1.54) is 12.1 Å². The highest BCUT2D eigenvalue weighted by Gasteiger charge is 2.18. The molecule has 0 atom stereocenters. The van der Waals surface area contributed by atoms with Gasteiger partial charge in [0.05, 0.1) is 5.52 Å². The van der Waals surface area contributed by atoms with E-state index in [-0.39, 0.29) is 11.6 Å². The van der Waals surface area contributed by atoms with Gasteiger partial charge in [-0.25, -0.2) is 4.39 Å². The van der Waals surface area contributed by atoms with E-state index < -0.39 is 0 Å². The molecule has 2 heterocycles. The molecule has 5 rings (SSSR count). The topological polar surface area (TPSA) is 57.8 Å². The summed E-state index contributed by atoms with van der Waals surface area (Å²) in [7, 11) is 0. The molecule has 0 unspecified atom stereocenters. The monoisotopic (exact) mass is 381 g/mol. The zero-order chi connectivity index (χ0) is 19.8. The van der Waals surface area contributed by atoms with Crippen LogP contribution in [0.25, 0.3) is 21.8 Å². The third-order valence-corrected chi connectivity index (χ3v) is 4.94. The van der Waals surface area contributed by atoms with Crippen molar-refractivity contribution in [3.05, 3.63) is 102 Å². The number of rotatable bonds is 4. The molecule has 5 aromatic rings. The van der Waals surface area contributed by atoms with E-state index in [9.17, 15) is 9.18 Å². The summed E-state index contributed by atoms with van der Waals surface area (Å²) < 4.78 is 13.7. The van der Waals surface area contributed by atoms with Gasteiger partial charge < -0.3 is 10.3 Å². The highest BCUT2D eigenvalue weighted by atomic mass is 19.1. The van der Waals surface area contributed by atoms with Crippen molar-refractivity contribution in [2.75, 3.05) is 5.32 Å². The van der Waals surface area contributed by atoms with Crippen LogP contribution < -0.4 is 5.32 Å². The Bertz CT molecular complexity index is 1370. The van der Waals surface area contributed by atoms with Crippen LogP contribution in [0.3, 0.4) is 0 Å². The Morgan fingerprint density at radius 3 is 2.76 bits per heavy atom. The van der Waals surface area contributed by atoms with Crippen LogP contribution in [0.15, 0.2) is 85.2 Å². The number of nitrogens with zero attached hydrogens (tertiary/aromatic N) is 1. The summed E-state index contributed by atoms with van der Waals surface area (Å²) in [4.78, 5) is 20.6. The maximum absolute atomic E-state index is 13.7. The molecule has 2 N–H and O–H groups in total. The number of ketones is 1. The van der Waals surface area contributed by atoms with E-state index in [2.05, 4.69) is 15.3 Å². The van der Waals surface area contributed by atoms with Crippen LogP contribution >= 0.6 is 0 Å². The zero-order valence-electron chi connectivity index (χ0n) is 15.3. The predicted octanol–water partition coefficient (Wildman–Crippen LogP) is 5.83. The van der Waals surface area contributed by atoms with Gasteiger partial charge in [0.2, 0.25) is 0 Å². The molecule has 0 aliphatic heterocycles. The zero-order valence-corrected chi connectivity index (χ0v) is 15.3. The van der Waals surface area contributed by atoms with Crippen LogP contribution in [0.4, 0.5) is 15.8 Å². The summed E-state index contributed by atoms with van der Waals surface area (Å²) in [5.74, 6) is -0.547. The summed E-state index contributed by atoms with van der Waals surface area (Å²) in [5, 5.41) is 4.91. The Balaban J connectivity index is 1.54. The lowest BCUT2D eigenvalue weighted by molar-refractivity contribution is 0.104. The van der Waals surface area contributed by atoms with Gasteiger partial charge in [-0.15, -0.1) is 0 Å². The van der Waals surface area contributed by atoms with E-state index in [4.69, 9.17) is 0 Å². The molecule has 0 spiro atoms. The molecule has 3 aromatic carbocycles. The fourth-order valence-electron chi connectivity index (χ4n) is 3.52. The largest absolute Gasteiger partial charge is 0.360 e. The number of para-hydroxylation sites is 1. The first kappa shape index (κ1) is 17.1. The average Bonchev–Trinajstić information content (AvgIpc) is 3.16. The minimum absolute atomic E-state index is 0.174. The van der Waals surface area contributed by atoms with E-state index in [1.807, 2.05) is 48.5 Å². The Morgan fingerprint density at radius 2 is 1.83 bits per heavy atom. The molecule has 0 fully saturated rings. The molecule has 0 amide bonds. The third kappa shape index (κ3) is 3.12. The standard InChI is InChI=1S/C24H16FN3O/c25-16-7-9-22-19(13-16)20(14-27-22)24(29)18-5-1-2-6-23(18)28-17-8-10-21-15(12-17)4-3-11-26-21/h1-14,27-28H. The van der Waals surface area contributed by atoms with E-state index in [1.54, 1.807) is 24.5 Å². The van der Waals surface area contributed by atoms with Crippen LogP contribution in [-0.2, 0) is 0 Å². The van der Waals surface area contributed by atoms with Gasteiger partial charge in [-0.05, 0) is 54.6 Å². The molecule has 0 bridgehead atoms. The second-order valence-electron chi connectivity index (χ2n) is 6.80. The molecular formula is C24H16FN3O. The van der Waals surface area contributed by atoms with Crippen molar-refractivity contribution < 1.29 is 9.18 Å².